The first-order valence-electron chi connectivity index (χ1n) is 7.88. The molecule has 2 nitrogen and oxygen atoms in total. The molecule has 1 aromatic carbocycles. The molecule has 120 valence electrons. The maximum Gasteiger partial charge on any atom is 0.327 e. The van der Waals surface area contributed by atoms with Gasteiger partial charge in [-0.25, -0.2) is 13.6 Å². The maximum atomic E-state index is 13.1. The zero-order chi connectivity index (χ0) is 15.9. The number of benzene rings is 1. The van der Waals surface area contributed by atoms with Crippen molar-refractivity contribution < 1.29 is 18.7 Å². The summed E-state index contributed by atoms with van der Waals surface area (Å²) in [6.45, 7) is 0. The van der Waals surface area contributed by atoms with Gasteiger partial charge in [0.25, 0.3) is 0 Å². The third-order valence-corrected chi connectivity index (χ3v) is 4.52. The zero-order valence-corrected chi connectivity index (χ0v) is 12.6. The number of hydrogen-bond acceptors (Lipinski definition) is 1. The van der Waals surface area contributed by atoms with Crippen molar-refractivity contribution in [2.75, 3.05) is 0 Å². The van der Waals surface area contributed by atoms with E-state index in [9.17, 15) is 13.6 Å². The summed E-state index contributed by atoms with van der Waals surface area (Å²) in [6, 6.07) is 4.13. The molecule has 0 atom stereocenters. The minimum absolute atomic E-state index is 0.579. The first-order valence-corrected chi connectivity index (χ1v) is 7.88. The molecule has 4 heteroatoms. The summed E-state index contributed by atoms with van der Waals surface area (Å²) in [7, 11) is 0. The first-order chi connectivity index (χ1) is 10.5. The van der Waals surface area contributed by atoms with Crippen LogP contribution in [0.1, 0.15) is 44.1 Å². The monoisotopic (exact) mass is 308 g/mol. The second-order valence-electron chi connectivity index (χ2n) is 6.15. The highest BCUT2D eigenvalue weighted by Crippen LogP contribution is 2.33. The average molecular weight is 308 g/mol. The summed E-state index contributed by atoms with van der Waals surface area (Å²) < 4.78 is 26.0. The predicted molar refractivity (Wildman–Crippen MR) is 81.5 cm³/mol. The second kappa shape index (κ2) is 8.06. The number of halogens is 2. The molecule has 0 radical (unpaired) electrons. The molecule has 0 unspecified atom stereocenters. The van der Waals surface area contributed by atoms with Crippen molar-refractivity contribution in [3.05, 3.63) is 47.5 Å². The number of rotatable bonds is 6. The lowest BCUT2D eigenvalue weighted by Crippen LogP contribution is -2.14. The lowest BCUT2D eigenvalue weighted by molar-refractivity contribution is -0.131. The number of aryl methyl sites for hydroxylation is 1. The van der Waals surface area contributed by atoms with Crippen LogP contribution in [-0.2, 0) is 11.2 Å². The summed E-state index contributed by atoms with van der Waals surface area (Å²) in [5.41, 5.74) is 0.852. The Morgan fingerprint density at radius 2 is 1.82 bits per heavy atom. The van der Waals surface area contributed by atoms with E-state index in [1.807, 2.05) is 0 Å². The Kier molecular flexibility index (Phi) is 6.10. The molecule has 0 bridgehead atoms. The van der Waals surface area contributed by atoms with Crippen LogP contribution in [0.15, 0.2) is 30.4 Å². The van der Waals surface area contributed by atoms with Crippen LogP contribution in [0.25, 0.3) is 0 Å². The van der Waals surface area contributed by atoms with E-state index in [-0.39, 0.29) is 0 Å². The molecule has 0 aromatic heterocycles. The van der Waals surface area contributed by atoms with Gasteiger partial charge in [0, 0.05) is 6.08 Å². The molecule has 22 heavy (non-hydrogen) atoms. The van der Waals surface area contributed by atoms with Crippen molar-refractivity contribution >= 4 is 5.97 Å². The Hall–Kier alpha value is -1.71. The third kappa shape index (κ3) is 5.24. The van der Waals surface area contributed by atoms with Crippen molar-refractivity contribution in [1.29, 1.82) is 0 Å². The van der Waals surface area contributed by atoms with Crippen molar-refractivity contribution in [2.24, 2.45) is 11.8 Å². The first kappa shape index (κ1) is 16.7. The van der Waals surface area contributed by atoms with Crippen molar-refractivity contribution in [3.63, 3.8) is 0 Å². The molecule has 1 saturated carbocycles. The van der Waals surface area contributed by atoms with Gasteiger partial charge in [0.1, 0.15) is 0 Å². The van der Waals surface area contributed by atoms with Gasteiger partial charge in [-0.15, -0.1) is 0 Å². The van der Waals surface area contributed by atoms with Crippen LogP contribution in [0.3, 0.4) is 0 Å². The van der Waals surface area contributed by atoms with E-state index < -0.39 is 17.6 Å². The summed E-state index contributed by atoms with van der Waals surface area (Å²) in [5, 5.41) is 8.56. The fourth-order valence-corrected chi connectivity index (χ4v) is 3.18. The topological polar surface area (TPSA) is 37.3 Å². The van der Waals surface area contributed by atoms with Gasteiger partial charge >= 0.3 is 5.97 Å². The van der Waals surface area contributed by atoms with Crippen molar-refractivity contribution in [1.82, 2.24) is 0 Å². The Morgan fingerprint density at radius 1 is 1.14 bits per heavy atom. The smallest absolute Gasteiger partial charge is 0.327 e. The van der Waals surface area contributed by atoms with Crippen LogP contribution in [-0.4, -0.2) is 11.1 Å². The fraction of sp³-hybridized carbons (Fsp3) is 0.500. The standard InChI is InChI=1S/C18H22F2O2/c19-16-11-10-15(12-17(16)20)9-8-14-6-4-13(5-7-14)2-1-3-18(21)22/h1,3,10-14H,2,4-9H2,(H,21,22)/b3-1+/t13-,14-. The molecule has 2 rings (SSSR count). The highest BCUT2D eigenvalue weighted by molar-refractivity contribution is 5.79. The molecule has 1 fully saturated rings. The van der Waals surface area contributed by atoms with E-state index in [0.717, 1.165) is 50.5 Å². The number of allylic oxidation sites excluding steroid dienone is 1. The summed E-state index contributed by atoms with van der Waals surface area (Å²) in [5.74, 6) is -1.24. The average Bonchev–Trinajstić information content (AvgIpc) is 2.49. The number of hydrogen-bond donors (Lipinski definition) is 1. The fourth-order valence-electron chi connectivity index (χ4n) is 3.18. The van der Waals surface area contributed by atoms with E-state index in [4.69, 9.17) is 5.11 Å². The molecule has 0 spiro atoms. The molecule has 1 aliphatic rings. The zero-order valence-electron chi connectivity index (χ0n) is 12.6. The number of carboxylic acid groups (broad SMARTS) is 1. The van der Waals surface area contributed by atoms with Crippen LogP contribution in [0, 0.1) is 23.5 Å². The molecular weight excluding hydrogens is 286 g/mol. The lowest BCUT2D eigenvalue weighted by atomic mass is 9.78. The lowest BCUT2D eigenvalue weighted by Gasteiger charge is -2.27. The Labute approximate surface area is 129 Å². The van der Waals surface area contributed by atoms with Gasteiger partial charge in [-0.05, 0) is 61.6 Å². The van der Waals surface area contributed by atoms with Crippen molar-refractivity contribution in [3.8, 4) is 0 Å². The van der Waals surface area contributed by atoms with Crippen LogP contribution < -0.4 is 0 Å². The summed E-state index contributed by atoms with van der Waals surface area (Å²) in [4.78, 5) is 10.4. The predicted octanol–water partition coefficient (Wildman–Crippen LogP) is 4.73. The molecule has 1 aromatic rings. The molecule has 0 saturated heterocycles. The Morgan fingerprint density at radius 3 is 2.45 bits per heavy atom. The largest absolute Gasteiger partial charge is 0.478 e. The van der Waals surface area contributed by atoms with Crippen LogP contribution >= 0.6 is 0 Å². The number of carbonyl (C=O) groups is 1. The molecule has 0 aliphatic heterocycles. The Balaban J connectivity index is 1.71. The molecule has 0 amide bonds. The van der Waals surface area contributed by atoms with E-state index in [0.29, 0.717) is 11.8 Å². The van der Waals surface area contributed by atoms with Gasteiger partial charge in [-0.2, -0.15) is 0 Å². The van der Waals surface area contributed by atoms with Crippen molar-refractivity contribution in [2.45, 2.75) is 44.9 Å². The van der Waals surface area contributed by atoms with Crippen LogP contribution in [0.5, 0.6) is 0 Å². The van der Waals surface area contributed by atoms with Gasteiger partial charge in [0.05, 0.1) is 0 Å². The van der Waals surface area contributed by atoms with E-state index in [1.165, 1.54) is 18.2 Å². The highest BCUT2D eigenvalue weighted by atomic mass is 19.2. The number of aliphatic carboxylic acids is 1. The van der Waals surface area contributed by atoms with Gasteiger partial charge in [-0.3, -0.25) is 0 Å². The summed E-state index contributed by atoms with van der Waals surface area (Å²) in [6.07, 6.45) is 10.1. The Bertz CT molecular complexity index is 532. The van der Waals surface area contributed by atoms with E-state index >= 15 is 0 Å². The molecule has 1 aliphatic carbocycles. The highest BCUT2D eigenvalue weighted by Gasteiger charge is 2.20. The van der Waals surface area contributed by atoms with Gasteiger partial charge in [-0.1, -0.05) is 25.0 Å². The third-order valence-electron chi connectivity index (χ3n) is 4.52. The van der Waals surface area contributed by atoms with Crippen LogP contribution in [0.2, 0.25) is 0 Å². The maximum absolute atomic E-state index is 13.1. The number of carboxylic acids is 1. The minimum atomic E-state index is -0.889. The normalized spacial score (nSPS) is 22.1. The van der Waals surface area contributed by atoms with Crippen LogP contribution in [0.4, 0.5) is 8.78 Å². The SMILES string of the molecule is O=C(O)/C=C/C[C@H]1CC[C@H](CCc2ccc(F)c(F)c2)CC1. The van der Waals surface area contributed by atoms with Gasteiger partial charge in [0.2, 0.25) is 0 Å². The minimum Gasteiger partial charge on any atom is -0.478 e. The van der Waals surface area contributed by atoms with Gasteiger partial charge < -0.3 is 5.11 Å². The van der Waals surface area contributed by atoms with E-state index in [1.54, 1.807) is 12.1 Å². The second-order valence-corrected chi connectivity index (χ2v) is 6.15. The molecular formula is C18H22F2O2. The van der Waals surface area contributed by atoms with E-state index in [2.05, 4.69) is 0 Å². The van der Waals surface area contributed by atoms with Gasteiger partial charge in [0.15, 0.2) is 11.6 Å². The quantitative estimate of drug-likeness (QED) is 0.771. The summed E-state index contributed by atoms with van der Waals surface area (Å²) >= 11 is 0. The molecule has 1 N–H and O–H groups in total. The molecule has 0 heterocycles.